The van der Waals surface area contributed by atoms with E-state index in [9.17, 15) is 4.79 Å². The maximum Gasteiger partial charge on any atom is 0.257 e. The highest BCUT2D eigenvalue weighted by Gasteiger charge is 2.11. The molecular formula is C13H14ClN3OS. The first-order valence-corrected chi connectivity index (χ1v) is 7.12. The second-order valence-corrected chi connectivity index (χ2v) is 5.75. The molecule has 0 aliphatic heterocycles. The zero-order valence-corrected chi connectivity index (χ0v) is 12.5. The smallest absolute Gasteiger partial charge is 0.257 e. The largest absolute Gasteiger partial charge is 0.298 e. The van der Waals surface area contributed by atoms with Gasteiger partial charge in [-0.1, -0.05) is 25.4 Å². The lowest BCUT2D eigenvalue weighted by Crippen LogP contribution is -2.12. The molecule has 1 amide bonds. The van der Waals surface area contributed by atoms with Crippen molar-refractivity contribution in [1.29, 1.82) is 0 Å². The number of pyridine rings is 1. The average molecular weight is 296 g/mol. The summed E-state index contributed by atoms with van der Waals surface area (Å²) in [6.45, 7) is 5.92. The molecule has 0 bridgehead atoms. The number of aromatic nitrogens is 2. The summed E-state index contributed by atoms with van der Waals surface area (Å²) in [5.74, 6) is 0.122. The Kier molecular flexibility index (Phi) is 4.17. The van der Waals surface area contributed by atoms with E-state index < -0.39 is 0 Å². The van der Waals surface area contributed by atoms with Gasteiger partial charge in [0.2, 0.25) is 0 Å². The highest BCUT2D eigenvalue weighted by Crippen LogP contribution is 2.22. The SMILES string of the molecule is Cc1cc(C(=O)Nc2nc(C(C)C)cs2)cc(Cl)n1. The molecule has 19 heavy (non-hydrogen) atoms. The first kappa shape index (κ1) is 14.0. The maximum atomic E-state index is 12.1. The van der Waals surface area contributed by atoms with Crippen molar-refractivity contribution >= 4 is 34.0 Å². The molecule has 2 aromatic rings. The quantitative estimate of drug-likeness (QED) is 0.874. The molecule has 0 fully saturated rings. The molecular weight excluding hydrogens is 282 g/mol. The molecule has 4 nitrogen and oxygen atoms in total. The zero-order valence-electron chi connectivity index (χ0n) is 10.9. The van der Waals surface area contributed by atoms with Gasteiger partial charge in [-0.25, -0.2) is 9.97 Å². The number of aryl methyl sites for hydroxylation is 1. The zero-order chi connectivity index (χ0) is 14.0. The third kappa shape index (κ3) is 3.52. The summed E-state index contributed by atoms with van der Waals surface area (Å²) in [5.41, 5.74) is 2.17. The number of anilines is 1. The highest BCUT2D eigenvalue weighted by molar-refractivity contribution is 7.14. The van der Waals surface area contributed by atoms with Crippen LogP contribution in [0.5, 0.6) is 0 Å². The van der Waals surface area contributed by atoms with Crippen LogP contribution in [0.25, 0.3) is 0 Å². The number of nitrogens with zero attached hydrogens (tertiary/aromatic N) is 2. The van der Waals surface area contributed by atoms with E-state index in [0.29, 0.717) is 27.5 Å². The molecule has 2 rings (SSSR count). The van der Waals surface area contributed by atoms with Gasteiger partial charge in [-0.2, -0.15) is 0 Å². The lowest BCUT2D eigenvalue weighted by Gasteiger charge is -2.03. The van der Waals surface area contributed by atoms with Crippen LogP contribution in [-0.4, -0.2) is 15.9 Å². The Morgan fingerprint density at radius 1 is 1.37 bits per heavy atom. The molecule has 0 radical (unpaired) electrons. The molecule has 0 saturated carbocycles. The van der Waals surface area contributed by atoms with Crippen LogP contribution in [0.15, 0.2) is 17.5 Å². The monoisotopic (exact) mass is 295 g/mol. The lowest BCUT2D eigenvalue weighted by atomic mass is 10.2. The average Bonchev–Trinajstić information content (AvgIpc) is 2.76. The van der Waals surface area contributed by atoms with Gasteiger partial charge >= 0.3 is 0 Å². The molecule has 0 aliphatic carbocycles. The fourth-order valence-electron chi connectivity index (χ4n) is 1.54. The third-order valence-electron chi connectivity index (χ3n) is 2.52. The van der Waals surface area contributed by atoms with Crippen molar-refractivity contribution in [1.82, 2.24) is 9.97 Å². The van der Waals surface area contributed by atoms with Crippen molar-refractivity contribution in [2.45, 2.75) is 26.7 Å². The minimum absolute atomic E-state index is 0.225. The van der Waals surface area contributed by atoms with Gasteiger partial charge in [0.05, 0.1) is 5.69 Å². The van der Waals surface area contributed by atoms with Crippen molar-refractivity contribution < 1.29 is 4.79 Å². The van der Waals surface area contributed by atoms with Crippen LogP contribution >= 0.6 is 22.9 Å². The van der Waals surface area contributed by atoms with Gasteiger partial charge in [0.1, 0.15) is 5.15 Å². The minimum Gasteiger partial charge on any atom is -0.298 e. The Hall–Kier alpha value is -1.46. The summed E-state index contributed by atoms with van der Waals surface area (Å²) in [6.07, 6.45) is 0. The summed E-state index contributed by atoms with van der Waals surface area (Å²) in [4.78, 5) is 20.4. The van der Waals surface area contributed by atoms with Gasteiger partial charge in [-0.3, -0.25) is 10.1 Å². The van der Waals surface area contributed by atoms with Crippen LogP contribution < -0.4 is 5.32 Å². The molecule has 100 valence electrons. The van der Waals surface area contributed by atoms with E-state index in [1.54, 1.807) is 19.1 Å². The summed E-state index contributed by atoms with van der Waals surface area (Å²) in [7, 11) is 0. The van der Waals surface area contributed by atoms with Crippen LogP contribution in [-0.2, 0) is 0 Å². The standard InChI is InChI=1S/C13H14ClN3OS/c1-7(2)10-6-19-13(16-10)17-12(18)9-4-8(3)15-11(14)5-9/h4-7H,1-3H3,(H,16,17,18). The number of nitrogens with one attached hydrogen (secondary N) is 1. The van der Waals surface area contributed by atoms with Crippen LogP contribution in [0.2, 0.25) is 5.15 Å². The van der Waals surface area contributed by atoms with E-state index in [1.807, 2.05) is 5.38 Å². The topological polar surface area (TPSA) is 54.9 Å². The van der Waals surface area contributed by atoms with Crippen molar-refractivity contribution in [2.24, 2.45) is 0 Å². The Morgan fingerprint density at radius 3 is 2.68 bits per heavy atom. The number of halogens is 1. The second kappa shape index (κ2) is 5.67. The predicted octanol–water partition coefficient (Wildman–Crippen LogP) is 3.88. The van der Waals surface area contributed by atoms with E-state index >= 15 is 0 Å². The Bertz CT molecular complexity index is 589. The number of carbonyl (C=O) groups excluding carboxylic acids is 1. The van der Waals surface area contributed by atoms with E-state index in [1.165, 1.54) is 11.3 Å². The molecule has 0 spiro atoms. The van der Waals surface area contributed by atoms with Gasteiger partial charge in [0, 0.05) is 16.6 Å². The fraction of sp³-hybridized carbons (Fsp3) is 0.308. The van der Waals surface area contributed by atoms with Crippen LogP contribution in [0.1, 0.15) is 41.5 Å². The fourth-order valence-corrected chi connectivity index (χ4v) is 2.66. The van der Waals surface area contributed by atoms with Gasteiger partial charge in [-0.15, -0.1) is 11.3 Å². The summed E-state index contributed by atoms with van der Waals surface area (Å²) in [6, 6.07) is 3.24. The van der Waals surface area contributed by atoms with Crippen molar-refractivity contribution in [2.75, 3.05) is 5.32 Å². The third-order valence-corrected chi connectivity index (χ3v) is 3.49. The van der Waals surface area contributed by atoms with Gasteiger partial charge in [0.15, 0.2) is 5.13 Å². The number of hydrogen-bond donors (Lipinski definition) is 1. The number of carbonyl (C=O) groups is 1. The van der Waals surface area contributed by atoms with Crippen LogP contribution in [0.3, 0.4) is 0 Å². The maximum absolute atomic E-state index is 12.1. The van der Waals surface area contributed by atoms with E-state index in [0.717, 1.165) is 5.69 Å². The Labute approximate surface area is 120 Å². The number of thiazole rings is 1. The Balaban J connectivity index is 2.15. The normalized spacial score (nSPS) is 10.8. The molecule has 1 N–H and O–H groups in total. The van der Waals surface area contributed by atoms with Gasteiger partial charge in [0.25, 0.3) is 5.91 Å². The summed E-state index contributed by atoms with van der Waals surface area (Å²) < 4.78 is 0. The minimum atomic E-state index is -0.225. The predicted molar refractivity (Wildman–Crippen MR) is 78.1 cm³/mol. The van der Waals surface area contributed by atoms with Crippen molar-refractivity contribution in [3.8, 4) is 0 Å². The highest BCUT2D eigenvalue weighted by atomic mass is 35.5. The van der Waals surface area contributed by atoms with Gasteiger partial charge in [-0.05, 0) is 25.0 Å². The lowest BCUT2D eigenvalue weighted by molar-refractivity contribution is 0.102. The molecule has 0 unspecified atom stereocenters. The van der Waals surface area contributed by atoms with Crippen LogP contribution in [0.4, 0.5) is 5.13 Å². The molecule has 0 atom stereocenters. The number of hydrogen-bond acceptors (Lipinski definition) is 4. The molecule has 0 aromatic carbocycles. The van der Waals surface area contributed by atoms with Crippen molar-refractivity contribution in [3.05, 3.63) is 39.6 Å². The van der Waals surface area contributed by atoms with Crippen molar-refractivity contribution in [3.63, 3.8) is 0 Å². The molecule has 0 saturated heterocycles. The van der Waals surface area contributed by atoms with Crippen LogP contribution in [0, 0.1) is 6.92 Å². The molecule has 2 aromatic heterocycles. The van der Waals surface area contributed by atoms with Gasteiger partial charge < -0.3 is 0 Å². The first-order chi connectivity index (χ1) is 8.95. The van der Waals surface area contributed by atoms with E-state index in [-0.39, 0.29) is 5.91 Å². The second-order valence-electron chi connectivity index (χ2n) is 4.51. The first-order valence-electron chi connectivity index (χ1n) is 5.86. The summed E-state index contributed by atoms with van der Waals surface area (Å²) >= 11 is 7.26. The number of rotatable bonds is 3. The number of amides is 1. The molecule has 0 aliphatic rings. The summed E-state index contributed by atoms with van der Waals surface area (Å²) in [5, 5.41) is 5.63. The molecule has 2 heterocycles. The van der Waals surface area contributed by atoms with E-state index in [4.69, 9.17) is 11.6 Å². The molecule has 6 heteroatoms. The Morgan fingerprint density at radius 2 is 2.11 bits per heavy atom. The van der Waals surface area contributed by atoms with E-state index in [2.05, 4.69) is 29.1 Å².